The van der Waals surface area contributed by atoms with Crippen molar-refractivity contribution >= 4 is 11.8 Å². The van der Waals surface area contributed by atoms with E-state index in [0.29, 0.717) is 19.7 Å². The van der Waals surface area contributed by atoms with Gasteiger partial charge in [-0.25, -0.2) is 0 Å². The van der Waals surface area contributed by atoms with Crippen LogP contribution in [0.2, 0.25) is 0 Å². The number of nitrogens with zero attached hydrogens (tertiary/aromatic N) is 1. The quantitative estimate of drug-likeness (QED) is 0.859. The topological polar surface area (TPSA) is 58.6 Å². The van der Waals surface area contributed by atoms with E-state index in [1.54, 1.807) is 0 Å². The largest absolute Gasteiger partial charge is 0.375 e. The van der Waals surface area contributed by atoms with Gasteiger partial charge in [-0.05, 0) is 63.2 Å². The lowest BCUT2D eigenvalue weighted by Gasteiger charge is -2.55. The first-order valence-electron chi connectivity index (χ1n) is 9.22. The molecule has 1 saturated heterocycles. The minimum Gasteiger partial charge on any atom is -0.375 e. The van der Waals surface area contributed by atoms with E-state index in [4.69, 9.17) is 4.74 Å². The van der Waals surface area contributed by atoms with Crippen molar-refractivity contribution in [3.8, 4) is 0 Å². The van der Waals surface area contributed by atoms with E-state index in [2.05, 4.69) is 5.32 Å². The molecular weight excluding hydrogens is 292 g/mol. The molecule has 5 nitrogen and oxygen atoms in total. The third kappa shape index (κ3) is 2.88. The molecule has 4 saturated carbocycles. The van der Waals surface area contributed by atoms with Crippen molar-refractivity contribution in [3.05, 3.63) is 0 Å². The van der Waals surface area contributed by atoms with E-state index >= 15 is 0 Å². The molecule has 5 aliphatic rings. The van der Waals surface area contributed by atoms with Gasteiger partial charge in [-0.1, -0.05) is 0 Å². The molecule has 128 valence electrons. The Balaban J connectivity index is 1.34. The zero-order valence-electron chi connectivity index (χ0n) is 14.1. The fraction of sp³-hybridized carbons (Fsp3) is 0.889. The Morgan fingerprint density at radius 1 is 1.13 bits per heavy atom. The molecule has 2 amide bonds. The van der Waals surface area contributed by atoms with Crippen LogP contribution in [0.25, 0.3) is 0 Å². The van der Waals surface area contributed by atoms with Gasteiger partial charge in [0.25, 0.3) is 0 Å². The van der Waals surface area contributed by atoms with Gasteiger partial charge in [0, 0.05) is 18.5 Å². The number of morpholine rings is 1. The first-order valence-corrected chi connectivity index (χ1v) is 9.22. The minimum absolute atomic E-state index is 0.0261. The van der Waals surface area contributed by atoms with E-state index in [9.17, 15) is 9.59 Å². The van der Waals surface area contributed by atoms with Gasteiger partial charge in [0.1, 0.15) is 0 Å². The summed E-state index contributed by atoms with van der Waals surface area (Å²) in [5, 5.41) is 2.98. The second-order valence-electron chi connectivity index (χ2n) is 8.40. The van der Waals surface area contributed by atoms with Gasteiger partial charge in [-0.15, -0.1) is 0 Å². The monoisotopic (exact) mass is 320 g/mol. The number of hydrogen-bond donors (Lipinski definition) is 1. The fourth-order valence-corrected chi connectivity index (χ4v) is 5.89. The first-order chi connectivity index (χ1) is 11.0. The summed E-state index contributed by atoms with van der Waals surface area (Å²) in [5.41, 5.74) is -0.159. The Labute approximate surface area is 138 Å². The highest BCUT2D eigenvalue weighted by Gasteiger charge is 2.54. The predicted molar refractivity (Wildman–Crippen MR) is 85.6 cm³/mol. The van der Waals surface area contributed by atoms with Crippen molar-refractivity contribution in [1.29, 1.82) is 0 Å². The van der Waals surface area contributed by atoms with Crippen LogP contribution >= 0.6 is 0 Å². The van der Waals surface area contributed by atoms with Crippen molar-refractivity contribution in [2.45, 2.75) is 51.6 Å². The zero-order chi connectivity index (χ0) is 16.0. The maximum absolute atomic E-state index is 12.8. The number of hydrogen-bond acceptors (Lipinski definition) is 3. The van der Waals surface area contributed by atoms with Crippen LogP contribution in [0.1, 0.15) is 45.4 Å². The van der Waals surface area contributed by atoms with Crippen molar-refractivity contribution < 1.29 is 14.3 Å². The molecule has 0 aromatic carbocycles. The van der Waals surface area contributed by atoms with Crippen molar-refractivity contribution in [2.24, 2.45) is 23.2 Å². The molecular formula is C18H28N2O3. The Morgan fingerprint density at radius 3 is 2.30 bits per heavy atom. The van der Waals surface area contributed by atoms with Gasteiger partial charge in [-0.2, -0.15) is 0 Å². The molecule has 5 rings (SSSR count). The first kappa shape index (κ1) is 15.4. The van der Waals surface area contributed by atoms with E-state index in [1.807, 2.05) is 11.8 Å². The molecule has 0 unspecified atom stereocenters. The molecule has 5 fully saturated rings. The standard InChI is InChI=1S/C18H28N2O3/c1-12-11-20(2-3-23-12)16(21)10-19-17(22)18-7-13-4-14(8-18)6-15(5-13)9-18/h12-15H,2-11H2,1H3,(H,19,22)/t12-,13?,14?,15?,18?/m0/s1. The molecule has 1 aliphatic heterocycles. The normalized spacial score (nSPS) is 41.9. The van der Waals surface area contributed by atoms with Crippen LogP contribution in [0.15, 0.2) is 0 Å². The Kier molecular flexibility index (Phi) is 3.87. The summed E-state index contributed by atoms with van der Waals surface area (Å²) >= 11 is 0. The molecule has 0 spiro atoms. The van der Waals surface area contributed by atoms with E-state index in [-0.39, 0.29) is 29.9 Å². The highest BCUT2D eigenvalue weighted by atomic mass is 16.5. The highest BCUT2D eigenvalue weighted by Crippen LogP contribution is 2.60. The number of rotatable bonds is 3. The predicted octanol–water partition coefficient (Wildman–Crippen LogP) is 1.57. The van der Waals surface area contributed by atoms with Gasteiger partial charge in [0.05, 0.1) is 19.3 Å². The number of amides is 2. The molecule has 23 heavy (non-hydrogen) atoms. The second-order valence-corrected chi connectivity index (χ2v) is 8.40. The molecule has 0 radical (unpaired) electrons. The van der Waals surface area contributed by atoms with E-state index in [1.165, 1.54) is 19.3 Å². The van der Waals surface area contributed by atoms with Gasteiger partial charge in [0.15, 0.2) is 0 Å². The number of nitrogens with one attached hydrogen (secondary N) is 1. The minimum atomic E-state index is -0.159. The Hall–Kier alpha value is -1.10. The molecule has 1 heterocycles. The van der Waals surface area contributed by atoms with Gasteiger partial charge >= 0.3 is 0 Å². The number of ether oxygens (including phenoxy) is 1. The van der Waals surface area contributed by atoms with Crippen LogP contribution in [0.4, 0.5) is 0 Å². The lowest BCUT2D eigenvalue weighted by Crippen LogP contribution is -2.55. The maximum Gasteiger partial charge on any atom is 0.242 e. The lowest BCUT2D eigenvalue weighted by molar-refractivity contribution is -0.149. The van der Waals surface area contributed by atoms with Gasteiger partial charge < -0.3 is 15.0 Å². The zero-order valence-corrected chi connectivity index (χ0v) is 14.1. The molecule has 0 aromatic rings. The van der Waals surface area contributed by atoms with Crippen LogP contribution in [-0.4, -0.2) is 49.1 Å². The molecule has 4 aliphatic carbocycles. The van der Waals surface area contributed by atoms with Crippen LogP contribution in [0.5, 0.6) is 0 Å². The summed E-state index contributed by atoms with van der Waals surface area (Å²) in [4.78, 5) is 27.0. The van der Waals surface area contributed by atoms with E-state index in [0.717, 1.165) is 37.0 Å². The van der Waals surface area contributed by atoms with Crippen LogP contribution in [-0.2, 0) is 14.3 Å². The Morgan fingerprint density at radius 2 is 1.74 bits per heavy atom. The van der Waals surface area contributed by atoms with E-state index < -0.39 is 0 Å². The van der Waals surface area contributed by atoms with Crippen molar-refractivity contribution in [1.82, 2.24) is 10.2 Å². The summed E-state index contributed by atoms with van der Waals surface area (Å²) < 4.78 is 5.47. The smallest absolute Gasteiger partial charge is 0.242 e. The summed E-state index contributed by atoms with van der Waals surface area (Å²) in [7, 11) is 0. The molecule has 5 heteroatoms. The lowest BCUT2D eigenvalue weighted by atomic mass is 9.49. The Bertz CT molecular complexity index is 469. The second kappa shape index (κ2) is 5.76. The number of carbonyl (C=O) groups is 2. The summed E-state index contributed by atoms with van der Waals surface area (Å²) in [6, 6.07) is 0. The van der Waals surface area contributed by atoms with Crippen molar-refractivity contribution in [3.63, 3.8) is 0 Å². The van der Waals surface area contributed by atoms with Crippen LogP contribution in [0, 0.1) is 23.2 Å². The molecule has 0 aromatic heterocycles. The summed E-state index contributed by atoms with van der Waals surface area (Å²) in [5.74, 6) is 2.43. The van der Waals surface area contributed by atoms with Crippen molar-refractivity contribution in [2.75, 3.05) is 26.2 Å². The average Bonchev–Trinajstić information content (AvgIpc) is 2.51. The summed E-state index contributed by atoms with van der Waals surface area (Å²) in [6.07, 6.45) is 7.23. The number of carbonyl (C=O) groups excluding carboxylic acids is 2. The van der Waals surface area contributed by atoms with Crippen LogP contribution < -0.4 is 5.32 Å². The highest BCUT2D eigenvalue weighted by molar-refractivity contribution is 5.88. The van der Waals surface area contributed by atoms with Gasteiger partial charge in [-0.3, -0.25) is 9.59 Å². The average molecular weight is 320 g/mol. The SMILES string of the molecule is C[C@H]1CN(C(=O)CNC(=O)C23CC4CC(CC(C4)C2)C3)CCO1. The third-order valence-electron chi connectivity index (χ3n) is 6.51. The maximum atomic E-state index is 12.8. The fourth-order valence-electron chi connectivity index (χ4n) is 5.89. The summed E-state index contributed by atoms with van der Waals surface area (Å²) in [6.45, 7) is 3.99. The molecule has 4 bridgehead atoms. The third-order valence-corrected chi connectivity index (χ3v) is 6.51. The molecule has 1 atom stereocenters. The molecule has 1 N–H and O–H groups in total. The van der Waals surface area contributed by atoms with Crippen LogP contribution in [0.3, 0.4) is 0 Å². The van der Waals surface area contributed by atoms with Gasteiger partial charge in [0.2, 0.25) is 11.8 Å².